The number of benzene rings is 2. The van der Waals surface area contributed by atoms with E-state index in [1.165, 1.54) is 42.4 Å². The predicted octanol–water partition coefficient (Wildman–Crippen LogP) is 3.86. The fourth-order valence-corrected chi connectivity index (χ4v) is 2.70. The van der Waals surface area contributed by atoms with Gasteiger partial charge in [0.15, 0.2) is 16.7 Å². The third-order valence-electron chi connectivity index (χ3n) is 3.80. The molecule has 0 aliphatic heterocycles. The van der Waals surface area contributed by atoms with Crippen molar-refractivity contribution in [2.24, 2.45) is 5.73 Å². The van der Waals surface area contributed by atoms with Gasteiger partial charge in [-0.25, -0.2) is 9.37 Å². The molecule has 0 saturated heterocycles. The van der Waals surface area contributed by atoms with E-state index in [9.17, 15) is 9.18 Å². The third kappa shape index (κ3) is 4.60. The average Bonchev–Trinajstić information content (AvgIpc) is 3.22. The van der Waals surface area contributed by atoms with Gasteiger partial charge in [0.2, 0.25) is 5.91 Å². The Hall–Kier alpha value is -3.52. The number of pyridine rings is 1. The van der Waals surface area contributed by atoms with Crippen LogP contribution in [0.15, 0.2) is 60.8 Å². The van der Waals surface area contributed by atoms with Crippen LogP contribution in [0.25, 0.3) is 11.1 Å². The van der Waals surface area contributed by atoms with Gasteiger partial charge in [0.1, 0.15) is 11.6 Å². The van der Waals surface area contributed by atoms with E-state index in [4.69, 9.17) is 28.4 Å². The Morgan fingerprint density at radius 2 is 1.86 bits per heavy atom. The van der Waals surface area contributed by atoms with Gasteiger partial charge in [0.25, 0.3) is 0 Å². The summed E-state index contributed by atoms with van der Waals surface area (Å²) in [5.74, 6) is -0.513. The second-order valence-electron chi connectivity index (χ2n) is 5.91. The van der Waals surface area contributed by atoms with E-state index in [0.29, 0.717) is 5.75 Å². The van der Waals surface area contributed by atoms with Crippen LogP contribution in [0.2, 0.25) is 0 Å². The number of nitrogens with zero attached hydrogens (tertiary/aromatic N) is 2. The summed E-state index contributed by atoms with van der Waals surface area (Å²) in [4.78, 5) is 16.3. The highest BCUT2D eigenvalue weighted by atomic mass is 32.1. The summed E-state index contributed by atoms with van der Waals surface area (Å²) in [6, 6.07) is 15.4. The first-order valence-corrected chi connectivity index (χ1v) is 8.65. The number of thiocarbonyl (C=S) groups is 1. The third-order valence-corrected chi connectivity index (χ3v) is 3.98. The molecule has 2 aliphatic rings. The van der Waals surface area contributed by atoms with Gasteiger partial charge < -0.3 is 16.2 Å². The van der Waals surface area contributed by atoms with Crippen molar-refractivity contribution in [3.63, 3.8) is 0 Å². The van der Waals surface area contributed by atoms with Crippen molar-refractivity contribution in [1.29, 1.82) is 0 Å². The van der Waals surface area contributed by atoms with E-state index >= 15 is 0 Å². The molecule has 0 bridgehead atoms. The molecule has 2 aliphatic carbocycles. The van der Waals surface area contributed by atoms with E-state index in [2.05, 4.69) is 29.2 Å². The molecule has 4 rings (SSSR count). The molecule has 6 nitrogen and oxygen atoms in total. The number of anilines is 2. The zero-order valence-electron chi connectivity index (χ0n) is 14.9. The number of amides is 1. The number of halogens is 1. The summed E-state index contributed by atoms with van der Waals surface area (Å²) in [6.45, 7) is 1.28. The maximum atomic E-state index is 14.1. The lowest BCUT2D eigenvalue weighted by molar-refractivity contribution is -0.115. The molecule has 0 spiro atoms. The quantitative estimate of drug-likeness (QED) is 0.511. The van der Waals surface area contributed by atoms with Gasteiger partial charge in [-0.2, -0.15) is 0 Å². The zero-order chi connectivity index (χ0) is 20.3. The molecule has 1 heterocycles. The number of nitrogen functional groups attached to an aromatic ring is 1. The van der Waals surface area contributed by atoms with Crippen LogP contribution in [0.3, 0.4) is 0 Å². The minimum absolute atomic E-state index is 0.0270. The summed E-state index contributed by atoms with van der Waals surface area (Å²) >= 11 is 4.78. The summed E-state index contributed by atoms with van der Waals surface area (Å²) in [6.07, 6.45) is 1.45. The van der Waals surface area contributed by atoms with Crippen LogP contribution >= 0.6 is 12.2 Å². The van der Waals surface area contributed by atoms with Crippen LogP contribution in [0, 0.1) is 5.82 Å². The number of carbonyl (C=O) groups excluding carboxylic acids is 1. The highest BCUT2D eigenvalue weighted by Gasteiger charge is 2.17. The first-order valence-electron chi connectivity index (χ1n) is 8.24. The molecule has 2 aromatic rings. The van der Waals surface area contributed by atoms with Crippen molar-refractivity contribution in [3.8, 4) is 22.6 Å². The van der Waals surface area contributed by atoms with Gasteiger partial charge >= 0.3 is 0 Å². The zero-order valence-corrected chi connectivity index (χ0v) is 15.7. The van der Waals surface area contributed by atoms with Crippen LogP contribution in [0.1, 0.15) is 6.92 Å². The molecule has 1 aromatic heterocycles. The molecule has 0 atom stereocenters. The van der Waals surface area contributed by atoms with Gasteiger partial charge in [0.05, 0.1) is 5.69 Å². The molecule has 28 heavy (non-hydrogen) atoms. The van der Waals surface area contributed by atoms with Crippen LogP contribution in [0.5, 0.6) is 11.5 Å². The molecule has 4 N–H and O–H groups in total. The lowest BCUT2D eigenvalue weighted by Gasteiger charge is -2.19. The number of hydrogen-bond donors (Lipinski definition) is 2. The average molecular weight is 396 g/mol. The predicted molar refractivity (Wildman–Crippen MR) is 111 cm³/mol. The highest BCUT2D eigenvalue weighted by molar-refractivity contribution is 7.80. The number of aromatic nitrogens is 1. The Balaban J connectivity index is 0.000000311. The number of ether oxygens (including phenoxy) is 1. The molecule has 0 saturated carbocycles. The van der Waals surface area contributed by atoms with E-state index in [-0.39, 0.29) is 22.4 Å². The number of fused-ring (bicyclic) bond motifs is 1. The fourth-order valence-electron chi connectivity index (χ4n) is 2.47. The second-order valence-corrected chi connectivity index (χ2v) is 6.32. The molecule has 8 heteroatoms. The summed E-state index contributed by atoms with van der Waals surface area (Å²) in [7, 11) is 0. The van der Waals surface area contributed by atoms with E-state index in [1.807, 2.05) is 0 Å². The minimum Gasteiger partial charge on any atom is -0.454 e. The van der Waals surface area contributed by atoms with Gasteiger partial charge in [0, 0.05) is 25.3 Å². The van der Waals surface area contributed by atoms with Crippen molar-refractivity contribution >= 4 is 34.7 Å². The van der Waals surface area contributed by atoms with Crippen molar-refractivity contribution in [1.82, 2.24) is 4.98 Å². The Morgan fingerprint density at radius 1 is 1.14 bits per heavy atom. The number of nitrogens with two attached hydrogens (primary N) is 2. The highest BCUT2D eigenvalue weighted by Crippen LogP contribution is 2.32. The molecule has 1 amide bonds. The smallest absolute Gasteiger partial charge is 0.230 e. The summed E-state index contributed by atoms with van der Waals surface area (Å²) in [5, 5.41) is -0.164. The normalized spacial score (nSPS) is 10.4. The number of hydrogen-bond acceptors (Lipinski definition) is 5. The maximum absolute atomic E-state index is 14.1. The Morgan fingerprint density at radius 3 is 2.32 bits per heavy atom. The number of carbonyl (C=O) groups is 1. The van der Waals surface area contributed by atoms with E-state index in [1.54, 1.807) is 6.07 Å². The molecular weight excluding hydrogens is 379 g/mol. The van der Waals surface area contributed by atoms with Crippen LogP contribution < -0.4 is 21.1 Å². The van der Waals surface area contributed by atoms with E-state index in [0.717, 1.165) is 11.0 Å². The Kier molecular flexibility index (Phi) is 5.51. The molecule has 0 radical (unpaired) electrons. The maximum Gasteiger partial charge on any atom is 0.230 e. The minimum atomic E-state index is -0.671. The molecule has 1 aromatic carbocycles. The molecule has 0 unspecified atom stereocenters. The second kappa shape index (κ2) is 8.01. The van der Waals surface area contributed by atoms with Gasteiger partial charge in [-0.3, -0.25) is 9.69 Å². The fraction of sp³-hybridized carbons (Fsp3) is 0.0500. The SMILES string of the molecule is CC(=O)N(C(N)=S)c1ccc(Oc2ccnc(N)c2)c(F)c1.c1cc2cc-2c1. The van der Waals surface area contributed by atoms with Gasteiger partial charge in [-0.1, -0.05) is 18.2 Å². The first kappa shape index (κ1) is 19.2. The summed E-state index contributed by atoms with van der Waals surface area (Å²) < 4.78 is 19.5. The van der Waals surface area contributed by atoms with E-state index < -0.39 is 11.7 Å². The van der Waals surface area contributed by atoms with Crippen molar-refractivity contribution < 1.29 is 13.9 Å². The van der Waals surface area contributed by atoms with Crippen molar-refractivity contribution in [2.45, 2.75) is 6.92 Å². The van der Waals surface area contributed by atoms with Crippen molar-refractivity contribution in [2.75, 3.05) is 10.6 Å². The molecule has 0 fully saturated rings. The molecule has 142 valence electrons. The Labute approximate surface area is 166 Å². The first-order chi connectivity index (χ1) is 13.3. The lowest BCUT2D eigenvalue weighted by Crippen LogP contribution is -2.39. The number of rotatable bonds is 3. The van der Waals surface area contributed by atoms with Crippen LogP contribution in [-0.4, -0.2) is 16.0 Å². The largest absolute Gasteiger partial charge is 0.454 e. The Bertz CT molecular complexity index is 1030. The molecular formula is C20H17FN4O2S. The van der Waals surface area contributed by atoms with Crippen molar-refractivity contribution in [3.05, 3.63) is 66.6 Å². The standard InChI is InChI=1S/C14H13FN4O2S.C6H4/c1-8(20)19(14(17)22)9-2-3-12(11(15)6-9)21-10-4-5-18-13(16)7-10;1-2-5-4-6(5)3-1/h2-7H,1H3,(H2,16,18)(H2,17,22);1-4H. The summed E-state index contributed by atoms with van der Waals surface area (Å²) in [5.41, 5.74) is 14.1. The lowest BCUT2D eigenvalue weighted by atomic mass is 10.2. The monoisotopic (exact) mass is 396 g/mol. The van der Waals surface area contributed by atoms with Crippen LogP contribution in [0.4, 0.5) is 15.9 Å². The van der Waals surface area contributed by atoms with Gasteiger partial charge in [-0.05, 0) is 47.6 Å². The van der Waals surface area contributed by atoms with Crippen LogP contribution in [-0.2, 0) is 4.79 Å². The van der Waals surface area contributed by atoms with Gasteiger partial charge in [-0.15, -0.1) is 0 Å². The topological polar surface area (TPSA) is 94.5 Å².